The standard InChI is InChI=1S/C16H16F5N5O3/c1-9-6-12(22-7-15(17,18)8-27)25-13(23-9)26-14(28)24-10-2-4-11(5-3-10)29-16(19,20)21/h2-6,27H,7-8H2,1H3,(H3,22,23,24,25,26,28). The van der Waals surface area contributed by atoms with Gasteiger partial charge >= 0.3 is 12.4 Å². The molecule has 0 spiro atoms. The van der Waals surface area contributed by atoms with Gasteiger partial charge in [0, 0.05) is 17.4 Å². The molecule has 29 heavy (non-hydrogen) atoms. The predicted octanol–water partition coefficient (Wildman–Crippen LogP) is 3.37. The quantitative estimate of drug-likeness (QED) is 0.511. The lowest BCUT2D eigenvalue weighted by atomic mass is 10.3. The Morgan fingerprint density at radius 3 is 2.34 bits per heavy atom. The molecule has 0 saturated heterocycles. The fourth-order valence-electron chi connectivity index (χ4n) is 1.99. The molecular weight excluding hydrogens is 405 g/mol. The maximum absolute atomic E-state index is 13.1. The van der Waals surface area contributed by atoms with E-state index in [1.54, 1.807) is 6.92 Å². The van der Waals surface area contributed by atoms with Crippen LogP contribution in [0.2, 0.25) is 0 Å². The van der Waals surface area contributed by atoms with E-state index in [0.29, 0.717) is 5.69 Å². The highest BCUT2D eigenvalue weighted by atomic mass is 19.4. The molecule has 2 amide bonds. The van der Waals surface area contributed by atoms with Gasteiger partial charge in [0.05, 0.1) is 6.54 Å². The van der Waals surface area contributed by atoms with Crippen LogP contribution >= 0.6 is 0 Å². The molecule has 0 unspecified atom stereocenters. The van der Waals surface area contributed by atoms with Crippen molar-refractivity contribution in [3.63, 3.8) is 0 Å². The number of alkyl halides is 5. The Morgan fingerprint density at radius 1 is 1.10 bits per heavy atom. The van der Waals surface area contributed by atoms with Gasteiger partial charge in [-0.1, -0.05) is 0 Å². The minimum atomic E-state index is -4.83. The van der Waals surface area contributed by atoms with Gasteiger partial charge in [-0.25, -0.2) is 18.6 Å². The Morgan fingerprint density at radius 2 is 1.76 bits per heavy atom. The summed E-state index contributed by atoms with van der Waals surface area (Å²) in [6, 6.07) is 4.93. The van der Waals surface area contributed by atoms with Crippen LogP contribution in [0.4, 0.5) is 44.2 Å². The van der Waals surface area contributed by atoms with Crippen molar-refractivity contribution in [1.82, 2.24) is 9.97 Å². The number of anilines is 3. The molecule has 1 aromatic carbocycles. The normalized spacial score (nSPS) is 11.7. The van der Waals surface area contributed by atoms with Crippen LogP contribution in [0.5, 0.6) is 5.75 Å². The summed E-state index contributed by atoms with van der Waals surface area (Å²) in [7, 11) is 0. The number of benzene rings is 1. The number of carbonyl (C=O) groups excluding carboxylic acids is 1. The molecule has 2 rings (SSSR count). The molecule has 0 bridgehead atoms. The van der Waals surface area contributed by atoms with Crippen LogP contribution in [0.3, 0.4) is 0 Å². The number of rotatable bonds is 7. The first-order valence-electron chi connectivity index (χ1n) is 7.98. The Bertz CT molecular complexity index is 846. The van der Waals surface area contributed by atoms with Gasteiger partial charge in [0.2, 0.25) is 5.95 Å². The van der Waals surface area contributed by atoms with E-state index in [2.05, 4.69) is 30.7 Å². The molecule has 158 valence electrons. The highest BCUT2D eigenvalue weighted by molar-refractivity contribution is 5.98. The summed E-state index contributed by atoms with van der Waals surface area (Å²) in [5, 5.41) is 15.5. The second kappa shape index (κ2) is 8.86. The first-order valence-corrected chi connectivity index (χ1v) is 7.98. The number of nitrogens with one attached hydrogen (secondary N) is 3. The van der Waals surface area contributed by atoms with Crippen molar-refractivity contribution < 1.29 is 36.6 Å². The lowest BCUT2D eigenvalue weighted by Gasteiger charge is -2.15. The van der Waals surface area contributed by atoms with Crippen molar-refractivity contribution in [2.45, 2.75) is 19.2 Å². The number of amides is 2. The molecule has 0 saturated carbocycles. The third-order valence-electron chi connectivity index (χ3n) is 3.18. The lowest BCUT2D eigenvalue weighted by Crippen LogP contribution is -2.31. The molecule has 1 aromatic heterocycles. The third-order valence-corrected chi connectivity index (χ3v) is 3.18. The SMILES string of the molecule is Cc1cc(NCC(F)(F)CO)nc(NC(=O)Nc2ccc(OC(F)(F)F)cc2)n1. The molecule has 0 radical (unpaired) electrons. The average molecular weight is 421 g/mol. The van der Waals surface area contributed by atoms with E-state index >= 15 is 0 Å². The van der Waals surface area contributed by atoms with E-state index in [9.17, 15) is 26.7 Å². The second-order valence-corrected chi connectivity index (χ2v) is 5.74. The second-order valence-electron chi connectivity index (χ2n) is 5.74. The van der Waals surface area contributed by atoms with Gasteiger partial charge in [-0.15, -0.1) is 13.2 Å². The number of urea groups is 1. The van der Waals surface area contributed by atoms with Crippen molar-refractivity contribution in [3.8, 4) is 5.75 Å². The lowest BCUT2D eigenvalue weighted by molar-refractivity contribution is -0.274. The number of hydrogen-bond donors (Lipinski definition) is 4. The van der Waals surface area contributed by atoms with Gasteiger partial charge in [-0.2, -0.15) is 4.98 Å². The van der Waals surface area contributed by atoms with E-state index in [4.69, 9.17) is 5.11 Å². The van der Waals surface area contributed by atoms with Crippen LogP contribution in [0, 0.1) is 6.92 Å². The number of hydrogen-bond acceptors (Lipinski definition) is 6. The molecular formula is C16H16F5N5O3. The van der Waals surface area contributed by atoms with Gasteiger partial charge < -0.3 is 20.5 Å². The molecule has 8 nitrogen and oxygen atoms in total. The number of aromatic nitrogens is 2. The zero-order valence-corrected chi connectivity index (χ0v) is 14.8. The molecule has 0 aliphatic rings. The summed E-state index contributed by atoms with van der Waals surface area (Å²) in [6.45, 7) is -0.679. The number of aliphatic hydroxyl groups excluding tert-OH is 1. The topological polar surface area (TPSA) is 108 Å². The van der Waals surface area contributed by atoms with Gasteiger partial charge in [-0.05, 0) is 31.2 Å². The van der Waals surface area contributed by atoms with Crippen LogP contribution < -0.4 is 20.7 Å². The Labute approximate surface area is 161 Å². The maximum Gasteiger partial charge on any atom is 0.573 e. The molecule has 13 heteroatoms. The van der Waals surface area contributed by atoms with Crippen molar-refractivity contribution >= 4 is 23.5 Å². The van der Waals surface area contributed by atoms with Crippen LogP contribution in [0.25, 0.3) is 0 Å². The number of aryl methyl sites for hydroxylation is 1. The summed E-state index contributed by atoms with van der Waals surface area (Å²) in [5.74, 6) is -4.02. The number of aliphatic hydroxyl groups is 1. The van der Waals surface area contributed by atoms with Crippen LogP contribution in [-0.2, 0) is 0 Å². The summed E-state index contributed by atoms with van der Waals surface area (Å²) in [4.78, 5) is 19.8. The van der Waals surface area contributed by atoms with Gasteiger partial charge in [0.1, 0.15) is 18.2 Å². The van der Waals surface area contributed by atoms with Crippen molar-refractivity contribution in [2.24, 2.45) is 0 Å². The molecule has 0 atom stereocenters. The minimum absolute atomic E-state index is 0.00502. The monoisotopic (exact) mass is 421 g/mol. The fraction of sp³-hybridized carbons (Fsp3) is 0.312. The minimum Gasteiger partial charge on any atom is -0.406 e. The van der Waals surface area contributed by atoms with Crippen molar-refractivity contribution in [2.75, 3.05) is 29.1 Å². The summed E-state index contributed by atoms with van der Waals surface area (Å²) < 4.78 is 66.3. The fourth-order valence-corrected chi connectivity index (χ4v) is 1.99. The first kappa shape index (κ1) is 22.1. The molecule has 2 aromatic rings. The maximum atomic E-state index is 13.1. The molecule has 0 aliphatic carbocycles. The molecule has 4 N–H and O–H groups in total. The van der Waals surface area contributed by atoms with E-state index in [1.165, 1.54) is 18.2 Å². The summed E-state index contributed by atoms with van der Waals surface area (Å²) >= 11 is 0. The Hall–Kier alpha value is -3.22. The Kier molecular flexibility index (Phi) is 6.74. The first-order chi connectivity index (χ1) is 13.5. The average Bonchev–Trinajstić information content (AvgIpc) is 2.60. The van der Waals surface area contributed by atoms with E-state index in [-0.39, 0.29) is 17.5 Å². The van der Waals surface area contributed by atoms with E-state index in [0.717, 1.165) is 12.1 Å². The summed E-state index contributed by atoms with van der Waals surface area (Å²) in [5.41, 5.74) is 0.518. The van der Waals surface area contributed by atoms with Crippen molar-refractivity contribution in [3.05, 3.63) is 36.0 Å². The number of nitrogens with zero attached hydrogens (tertiary/aromatic N) is 2. The molecule has 0 fully saturated rings. The Balaban J connectivity index is 1.98. The van der Waals surface area contributed by atoms with Gasteiger partial charge in [-0.3, -0.25) is 5.32 Å². The van der Waals surface area contributed by atoms with Crippen LogP contribution in [-0.4, -0.2) is 46.5 Å². The number of ether oxygens (including phenoxy) is 1. The van der Waals surface area contributed by atoms with Gasteiger partial charge in [0.15, 0.2) is 0 Å². The van der Waals surface area contributed by atoms with E-state index < -0.39 is 37.2 Å². The zero-order valence-electron chi connectivity index (χ0n) is 14.8. The highest BCUT2D eigenvalue weighted by Gasteiger charge is 2.31. The van der Waals surface area contributed by atoms with Crippen molar-refractivity contribution in [1.29, 1.82) is 0 Å². The predicted molar refractivity (Wildman–Crippen MR) is 93.1 cm³/mol. The molecule has 1 heterocycles. The molecule has 0 aliphatic heterocycles. The van der Waals surface area contributed by atoms with Gasteiger partial charge in [0.25, 0.3) is 5.92 Å². The zero-order chi connectivity index (χ0) is 21.7. The summed E-state index contributed by atoms with van der Waals surface area (Å²) in [6.07, 6.45) is -4.83. The third kappa shape index (κ3) is 7.73. The van der Waals surface area contributed by atoms with E-state index in [1.807, 2.05) is 0 Å². The smallest absolute Gasteiger partial charge is 0.406 e. The van der Waals surface area contributed by atoms with Crippen LogP contribution in [0.1, 0.15) is 5.69 Å². The van der Waals surface area contributed by atoms with Crippen LogP contribution in [0.15, 0.2) is 30.3 Å². The largest absolute Gasteiger partial charge is 0.573 e. The number of halogens is 5. The number of carbonyl (C=O) groups is 1. The highest BCUT2D eigenvalue weighted by Crippen LogP contribution is 2.24.